The molecule has 0 bridgehead atoms. The second-order valence-electron chi connectivity index (χ2n) is 5.23. The Kier molecular flexibility index (Phi) is 3.77. The van der Waals surface area contributed by atoms with E-state index in [1.807, 2.05) is 4.90 Å². The van der Waals surface area contributed by atoms with Gasteiger partial charge in [-0.2, -0.15) is 4.98 Å². The SMILES string of the molecule is O=C1CCCCCN1Cc1nc([C@@H]2CCOC2)no1. The molecule has 2 aliphatic heterocycles. The molecule has 1 amide bonds. The highest BCUT2D eigenvalue weighted by molar-refractivity contribution is 5.76. The highest BCUT2D eigenvalue weighted by Crippen LogP contribution is 2.23. The Morgan fingerprint density at radius 1 is 1.32 bits per heavy atom. The van der Waals surface area contributed by atoms with Gasteiger partial charge in [0.05, 0.1) is 13.2 Å². The quantitative estimate of drug-likeness (QED) is 0.828. The number of aromatic nitrogens is 2. The Morgan fingerprint density at radius 3 is 3.11 bits per heavy atom. The molecule has 0 unspecified atom stereocenters. The lowest BCUT2D eigenvalue weighted by atomic mass is 10.1. The zero-order valence-corrected chi connectivity index (χ0v) is 11.0. The molecular weight excluding hydrogens is 246 g/mol. The molecule has 0 N–H and O–H groups in total. The molecule has 0 saturated carbocycles. The van der Waals surface area contributed by atoms with Crippen LogP contribution in [0, 0.1) is 0 Å². The van der Waals surface area contributed by atoms with Gasteiger partial charge in [0.15, 0.2) is 5.82 Å². The zero-order chi connectivity index (χ0) is 13.1. The molecule has 3 heterocycles. The van der Waals surface area contributed by atoms with Gasteiger partial charge < -0.3 is 14.2 Å². The summed E-state index contributed by atoms with van der Waals surface area (Å²) >= 11 is 0. The maximum absolute atomic E-state index is 11.9. The molecule has 1 aromatic rings. The summed E-state index contributed by atoms with van der Waals surface area (Å²) in [5, 5.41) is 4.01. The normalized spacial score (nSPS) is 24.7. The first-order valence-electron chi connectivity index (χ1n) is 7.01. The Balaban J connectivity index is 1.64. The van der Waals surface area contributed by atoms with Crippen LogP contribution in [0.2, 0.25) is 0 Å². The van der Waals surface area contributed by atoms with Crippen LogP contribution in [0.25, 0.3) is 0 Å². The number of hydrogen-bond acceptors (Lipinski definition) is 5. The van der Waals surface area contributed by atoms with Gasteiger partial charge in [-0.25, -0.2) is 0 Å². The first-order valence-corrected chi connectivity index (χ1v) is 7.01. The van der Waals surface area contributed by atoms with Gasteiger partial charge >= 0.3 is 0 Å². The summed E-state index contributed by atoms with van der Waals surface area (Å²) in [5.74, 6) is 1.70. The monoisotopic (exact) mass is 265 g/mol. The van der Waals surface area contributed by atoms with E-state index in [9.17, 15) is 4.79 Å². The van der Waals surface area contributed by atoms with E-state index in [0.29, 0.717) is 25.5 Å². The zero-order valence-electron chi connectivity index (χ0n) is 11.0. The molecule has 19 heavy (non-hydrogen) atoms. The molecule has 0 aromatic carbocycles. The maximum atomic E-state index is 11.9. The summed E-state index contributed by atoms with van der Waals surface area (Å²) in [6, 6.07) is 0. The van der Waals surface area contributed by atoms with Crippen molar-refractivity contribution in [3.8, 4) is 0 Å². The molecule has 104 valence electrons. The van der Waals surface area contributed by atoms with Crippen LogP contribution in [0.4, 0.5) is 0 Å². The summed E-state index contributed by atoms with van der Waals surface area (Å²) in [7, 11) is 0. The number of ether oxygens (including phenoxy) is 1. The molecular formula is C13H19N3O3. The highest BCUT2D eigenvalue weighted by atomic mass is 16.5. The Hall–Kier alpha value is -1.43. The number of rotatable bonds is 3. The minimum atomic E-state index is 0.196. The van der Waals surface area contributed by atoms with Gasteiger partial charge in [0.1, 0.15) is 0 Å². The molecule has 0 radical (unpaired) electrons. The van der Waals surface area contributed by atoms with Crippen molar-refractivity contribution >= 4 is 5.91 Å². The van der Waals surface area contributed by atoms with E-state index in [1.54, 1.807) is 0 Å². The van der Waals surface area contributed by atoms with E-state index >= 15 is 0 Å². The van der Waals surface area contributed by atoms with Crippen LogP contribution < -0.4 is 0 Å². The van der Waals surface area contributed by atoms with Crippen LogP contribution in [-0.4, -0.2) is 40.7 Å². The lowest BCUT2D eigenvalue weighted by Crippen LogP contribution is -2.29. The fraction of sp³-hybridized carbons (Fsp3) is 0.769. The summed E-state index contributed by atoms with van der Waals surface area (Å²) in [4.78, 5) is 18.1. The van der Waals surface area contributed by atoms with Gasteiger partial charge in [-0.05, 0) is 19.3 Å². The molecule has 2 saturated heterocycles. The Morgan fingerprint density at radius 2 is 2.26 bits per heavy atom. The van der Waals surface area contributed by atoms with Crippen LogP contribution in [-0.2, 0) is 16.1 Å². The Labute approximate surface area is 112 Å². The molecule has 2 fully saturated rings. The summed E-state index contributed by atoms with van der Waals surface area (Å²) in [5.41, 5.74) is 0. The minimum absolute atomic E-state index is 0.196. The standard InChI is InChI=1S/C13H19N3O3/c17-12-4-2-1-3-6-16(12)8-11-14-13(15-19-11)10-5-7-18-9-10/h10H,1-9H2/t10-/m1/s1. The second-order valence-corrected chi connectivity index (χ2v) is 5.23. The van der Waals surface area contributed by atoms with E-state index < -0.39 is 0 Å². The van der Waals surface area contributed by atoms with Crippen LogP contribution in [0.1, 0.15) is 49.7 Å². The van der Waals surface area contributed by atoms with Crippen molar-refractivity contribution in [1.82, 2.24) is 15.0 Å². The molecule has 0 spiro atoms. The molecule has 6 heteroatoms. The van der Waals surface area contributed by atoms with Crippen molar-refractivity contribution in [2.45, 2.75) is 44.6 Å². The van der Waals surface area contributed by atoms with Gasteiger partial charge in [0.2, 0.25) is 11.8 Å². The third kappa shape index (κ3) is 2.94. The predicted molar refractivity (Wildman–Crippen MR) is 66.4 cm³/mol. The lowest BCUT2D eigenvalue weighted by Gasteiger charge is -2.17. The third-order valence-electron chi connectivity index (χ3n) is 3.78. The lowest BCUT2D eigenvalue weighted by molar-refractivity contribution is -0.131. The number of hydrogen-bond donors (Lipinski definition) is 0. The van der Waals surface area contributed by atoms with E-state index in [0.717, 1.165) is 44.7 Å². The molecule has 6 nitrogen and oxygen atoms in total. The first-order chi connectivity index (χ1) is 9.33. The van der Waals surface area contributed by atoms with Crippen molar-refractivity contribution < 1.29 is 14.1 Å². The van der Waals surface area contributed by atoms with Crippen LogP contribution in [0.3, 0.4) is 0 Å². The van der Waals surface area contributed by atoms with Crippen LogP contribution in [0.15, 0.2) is 4.52 Å². The highest BCUT2D eigenvalue weighted by Gasteiger charge is 2.24. The van der Waals surface area contributed by atoms with E-state index in [1.165, 1.54) is 0 Å². The number of carbonyl (C=O) groups is 1. The largest absolute Gasteiger partial charge is 0.381 e. The topological polar surface area (TPSA) is 68.5 Å². The number of nitrogens with zero attached hydrogens (tertiary/aromatic N) is 3. The fourth-order valence-electron chi connectivity index (χ4n) is 2.61. The minimum Gasteiger partial charge on any atom is -0.381 e. The number of likely N-dealkylation sites (tertiary alicyclic amines) is 1. The van der Waals surface area contributed by atoms with Gasteiger partial charge in [-0.15, -0.1) is 0 Å². The van der Waals surface area contributed by atoms with Gasteiger partial charge in [-0.3, -0.25) is 4.79 Å². The predicted octanol–water partition coefficient (Wildman–Crippen LogP) is 1.48. The van der Waals surface area contributed by atoms with Crippen molar-refractivity contribution in [1.29, 1.82) is 0 Å². The summed E-state index contributed by atoms with van der Waals surface area (Å²) in [6.45, 7) is 2.67. The van der Waals surface area contributed by atoms with E-state index in [4.69, 9.17) is 9.26 Å². The van der Waals surface area contributed by atoms with Crippen LogP contribution >= 0.6 is 0 Å². The van der Waals surface area contributed by atoms with Crippen molar-refractivity contribution in [3.05, 3.63) is 11.7 Å². The number of carbonyl (C=O) groups excluding carboxylic acids is 1. The first kappa shape index (κ1) is 12.6. The molecule has 3 rings (SSSR count). The van der Waals surface area contributed by atoms with Gasteiger partial charge in [0, 0.05) is 25.5 Å². The molecule has 0 aliphatic carbocycles. The van der Waals surface area contributed by atoms with Crippen molar-refractivity contribution in [2.24, 2.45) is 0 Å². The maximum Gasteiger partial charge on any atom is 0.246 e. The summed E-state index contributed by atoms with van der Waals surface area (Å²) in [6.07, 6.45) is 4.75. The average Bonchev–Trinajstić information content (AvgIpc) is 3.03. The van der Waals surface area contributed by atoms with Crippen LogP contribution in [0.5, 0.6) is 0 Å². The fourth-order valence-corrected chi connectivity index (χ4v) is 2.61. The number of amides is 1. The third-order valence-corrected chi connectivity index (χ3v) is 3.78. The Bertz CT molecular complexity index is 440. The van der Waals surface area contributed by atoms with E-state index in [-0.39, 0.29) is 11.8 Å². The molecule has 2 aliphatic rings. The average molecular weight is 265 g/mol. The van der Waals surface area contributed by atoms with Gasteiger partial charge in [0.25, 0.3) is 0 Å². The van der Waals surface area contributed by atoms with E-state index in [2.05, 4.69) is 10.1 Å². The molecule has 1 aromatic heterocycles. The smallest absolute Gasteiger partial charge is 0.246 e. The molecule has 1 atom stereocenters. The summed E-state index contributed by atoms with van der Waals surface area (Å²) < 4.78 is 10.6. The van der Waals surface area contributed by atoms with Crippen molar-refractivity contribution in [3.63, 3.8) is 0 Å². The second kappa shape index (κ2) is 5.69. The van der Waals surface area contributed by atoms with Gasteiger partial charge in [-0.1, -0.05) is 11.6 Å². The van der Waals surface area contributed by atoms with Crippen molar-refractivity contribution in [2.75, 3.05) is 19.8 Å².